The molecular weight excluding hydrogens is 1580 g/mol. The lowest BCUT2D eigenvalue weighted by atomic mass is 9.98. The molecule has 0 radical (unpaired) electrons. The van der Waals surface area contributed by atoms with Gasteiger partial charge in [-0.2, -0.15) is 19.9 Å². The number of nitrogens with zero attached hydrogens (tertiary/aromatic N) is 11. The molecule has 0 aliphatic carbocycles. The van der Waals surface area contributed by atoms with Crippen molar-refractivity contribution in [2.45, 2.75) is 0 Å². The minimum Gasteiger partial charge on any atom is -0.309 e. The van der Waals surface area contributed by atoms with Crippen molar-refractivity contribution < 1.29 is 0 Å². The molecule has 0 N–H and O–H groups in total. The van der Waals surface area contributed by atoms with Crippen molar-refractivity contribution in [1.29, 1.82) is 0 Å². The highest BCUT2D eigenvalue weighted by Gasteiger charge is 2.24. The molecule has 0 amide bonds. The van der Waals surface area contributed by atoms with Gasteiger partial charge in [-0.05, 0) is 165 Å². The van der Waals surface area contributed by atoms with Crippen LogP contribution in [0.15, 0.2) is 467 Å². The maximum atomic E-state index is 5.18. The summed E-state index contributed by atoms with van der Waals surface area (Å²) in [6, 6.07) is 165. The summed E-state index contributed by atoms with van der Waals surface area (Å²) < 4.78 is 9.08. The fourth-order valence-electron chi connectivity index (χ4n) is 18.7. The van der Waals surface area contributed by atoms with Crippen LogP contribution in [0.3, 0.4) is 0 Å². The Hall–Kier alpha value is -17.7. The van der Waals surface area contributed by atoms with Gasteiger partial charge in [0.1, 0.15) is 0 Å². The molecule has 25 aromatic rings. The molecule has 7 aromatic heterocycles. The Kier molecular flexibility index (Phi) is 19.0. The number of pyridine rings is 1. The Morgan fingerprint density at radius 3 is 0.654 bits per heavy atom. The fraction of sp³-hybridized carbons (Fsp3) is 0. The van der Waals surface area contributed by atoms with E-state index in [1.165, 1.54) is 77.1 Å². The Morgan fingerprint density at radius 2 is 0.338 bits per heavy atom. The molecule has 608 valence electrons. The predicted octanol–water partition coefficient (Wildman–Crippen LogP) is 29.9. The van der Waals surface area contributed by atoms with Gasteiger partial charge in [0.2, 0.25) is 11.9 Å². The molecule has 0 aliphatic rings. The Labute approximate surface area is 749 Å². The van der Waals surface area contributed by atoms with E-state index in [1.54, 1.807) is 0 Å². The summed E-state index contributed by atoms with van der Waals surface area (Å²) in [5.74, 6) is 3.64. The summed E-state index contributed by atoms with van der Waals surface area (Å²) in [6.07, 6.45) is 0. The molecule has 0 bridgehead atoms. The molecule has 0 aliphatic heterocycles. The number of benzene rings is 18. The van der Waals surface area contributed by atoms with Crippen molar-refractivity contribution in [3.05, 3.63) is 467 Å². The largest absolute Gasteiger partial charge is 0.309 e. The summed E-state index contributed by atoms with van der Waals surface area (Å²) in [5, 5.41) is 9.48. The minimum atomic E-state index is 0.572. The number of rotatable bonds is 15. The smallest absolute Gasteiger partial charge is 0.238 e. The molecule has 7 heterocycles. The van der Waals surface area contributed by atoms with Crippen molar-refractivity contribution in [1.82, 2.24) is 53.2 Å². The zero-order valence-electron chi connectivity index (χ0n) is 70.4. The first-order chi connectivity index (χ1) is 64.4. The maximum Gasteiger partial charge on any atom is 0.238 e. The molecule has 0 unspecified atom stereocenters. The monoisotopic (exact) mass is 1660 g/mol. The maximum absolute atomic E-state index is 5.18. The fourth-order valence-corrected chi connectivity index (χ4v) is 18.7. The van der Waals surface area contributed by atoms with Gasteiger partial charge in [-0.25, -0.2) is 15.0 Å². The van der Waals surface area contributed by atoms with Gasteiger partial charge in [0.25, 0.3) is 0 Å². The van der Waals surface area contributed by atoms with E-state index in [2.05, 4.69) is 358 Å². The normalized spacial score (nSPS) is 11.5. The van der Waals surface area contributed by atoms with E-state index in [4.69, 9.17) is 34.9 Å². The zero-order valence-corrected chi connectivity index (χ0v) is 70.4. The van der Waals surface area contributed by atoms with Gasteiger partial charge in [0, 0.05) is 87.8 Å². The third-order valence-electron chi connectivity index (χ3n) is 25.0. The summed E-state index contributed by atoms with van der Waals surface area (Å²) >= 11 is 0. The van der Waals surface area contributed by atoms with Crippen LogP contribution in [0.5, 0.6) is 0 Å². The third kappa shape index (κ3) is 13.9. The molecule has 0 atom stereocenters. The second-order valence-corrected chi connectivity index (χ2v) is 32.8. The van der Waals surface area contributed by atoms with E-state index in [-0.39, 0.29) is 0 Å². The van der Waals surface area contributed by atoms with Gasteiger partial charge < -0.3 is 9.13 Å². The molecule has 0 saturated heterocycles. The molecule has 0 fully saturated rings. The Morgan fingerprint density at radius 1 is 0.123 bits per heavy atom. The highest BCUT2D eigenvalue weighted by molar-refractivity contribution is 6.14. The summed E-state index contributed by atoms with van der Waals surface area (Å²) in [4.78, 5) is 35.5. The molecule has 18 aromatic carbocycles. The molecular formula is C119H77N11. The first-order valence-electron chi connectivity index (χ1n) is 43.8. The van der Waals surface area contributed by atoms with E-state index >= 15 is 0 Å². The van der Waals surface area contributed by atoms with Gasteiger partial charge in [0.15, 0.2) is 23.3 Å². The standard InChI is InChI=1S/C60H38N8.C59H39N3/c1-5-17-41(18-6-1)55-61-56(42-19-7-2-8-20-42)64-59(63-55)67-51-27-15-13-25-47(51)49-37-45(33-35-53(49)67)39-29-31-40(32-30-39)46-34-36-54-50(38-46)48-26-14-16-28-52(48)68(54)60-65-57(43-21-9-3-10-22-43)62-58(66-60)44-23-11-4-12-24-44;1-4-14-40(15-5-1)47-38-54(43-16-6-2-7-17-43)60-55(39-47)44-28-32-49(33-29-44)62-57-23-13-11-21-51(57)53-37-46(31-35-59(53)62)42-26-24-41(25-27-42)45-30-34-58-52(36-45)50-20-10-12-22-56(50)61(58)48-18-8-3-9-19-48/h1-38H;1-39H. The number of fused-ring (bicyclic) bond motifs is 12. The van der Waals surface area contributed by atoms with E-state index in [0.717, 1.165) is 122 Å². The minimum absolute atomic E-state index is 0.572. The average Bonchev–Trinajstić information content (AvgIpc) is 1.60. The van der Waals surface area contributed by atoms with Gasteiger partial charge >= 0.3 is 0 Å². The van der Waals surface area contributed by atoms with E-state index in [1.807, 2.05) is 127 Å². The van der Waals surface area contributed by atoms with Gasteiger partial charge in [-0.3, -0.25) is 9.13 Å². The van der Waals surface area contributed by atoms with Crippen LogP contribution in [0.25, 0.3) is 234 Å². The van der Waals surface area contributed by atoms with Crippen LogP contribution in [0.2, 0.25) is 0 Å². The van der Waals surface area contributed by atoms with Crippen molar-refractivity contribution in [2.75, 3.05) is 0 Å². The Balaban J connectivity index is 0.000000145. The lowest BCUT2D eigenvalue weighted by molar-refractivity contribution is 0.953. The lowest BCUT2D eigenvalue weighted by Gasteiger charge is -2.12. The topological polar surface area (TPSA) is 110 Å². The molecule has 11 heteroatoms. The van der Waals surface area contributed by atoms with Crippen LogP contribution in [-0.4, -0.2) is 53.2 Å². The van der Waals surface area contributed by atoms with Crippen LogP contribution in [0.4, 0.5) is 0 Å². The predicted molar refractivity (Wildman–Crippen MR) is 535 cm³/mol. The third-order valence-corrected chi connectivity index (χ3v) is 25.0. The Bertz CT molecular complexity index is 8160. The molecule has 25 rings (SSSR count). The first-order valence-corrected chi connectivity index (χ1v) is 43.8. The number of hydrogen-bond acceptors (Lipinski definition) is 7. The van der Waals surface area contributed by atoms with Crippen LogP contribution < -0.4 is 0 Å². The number of aromatic nitrogens is 11. The van der Waals surface area contributed by atoms with E-state index in [0.29, 0.717) is 35.2 Å². The molecule has 0 spiro atoms. The van der Waals surface area contributed by atoms with Gasteiger partial charge in [0.05, 0.1) is 55.5 Å². The van der Waals surface area contributed by atoms with Crippen LogP contribution in [0, 0.1) is 0 Å². The van der Waals surface area contributed by atoms with Crippen LogP contribution in [-0.2, 0) is 0 Å². The molecule has 130 heavy (non-hydrogen) atoms. The van der Waals surface area contributed by atoms with Gasteiger partial charge in [-0.1, -0.05) is 358 Å². The number of hydrogen-bond donors (Lipinski definition) is 0. The average molecular weight is 1660 g/mol. The van der Waals surface area contributed by atoms with Gasteiger partial charge in [-0.15, -0.1) is 0 Å². The van der Waals surface area contributed by atoms with Crippen LogP contribution in [0.1, 0.15) is 0 Å². The lowest BCUT2D eigenvalue weighted by Crippen LogP contribution is -2.06. The van der Waals surface area contributed by atoms with Crippen molar-refractivity contribution >= 4 is 87.2 Å². The van der Waals surface area contributed by atoms with E-state index in [9.17, 15) is 0 Å². The van der Waals surface area contributed by atoms with E-state index < -0.39 is 0 Å². The van der Waals surface area contributed by atoms with Crippen molar-refractivity contribution in [2.24, 2.45) is 0 Å². The molecule has 0 saturated carbocycles. The zero-order chi connectivity index (χ0) is 86.0. The highest BCUT2D eigenvalue weighted by Crippen LogP contribution is 2.43. The summed E-state index contributed by atoms with van der Waals surface area (Å²) in [5.41, 5.74) is 30.6. The quantitative estimate of drug-likeness (QED) is 0.101. The van der Waals surface area contributed by atoms with Crippen molar-refractivity contribution in [3.63, 3.8) is 0 Å². The summed E-state index contributed by atoms with van der Waals surface area (Å²) in [6.45, 7) is 0. The molecule has 11 nitrogen and oxygen atoms in total. The van der Waals surface area contributed by atoms with Crippen molar-refractivity contribution in [3.8, 4) is 147 Å². The SMILES string of the molecule is c1ccc(-c2cc(-c3ccccc3)nc(-c3ccc(-n4c5ccccc5c5cc(-c6ccc(-c7ccc8c(c7)c7ccccc7n8-c7ccccc7)cc6)ccc54)cc3)c2)cc1.c1ccc(-c2nc(-c3ccccc3)nc(-n3c4ccccc4c4cc(-c5ccc(-c6ccc7c(c6)c6ccccc6n7-c6nc(-c7ccccc7)nc(-c7ccccc7)n6)cc5)ccc43)n2)cc1. The second-order valence-electron chi connectivity index (χ2n) is 32.8. The number of para-hydroxylation sites is 5. The summed E-state index contributed by atoms with van der Waals surface area (Å²) in [7, 11) is 0. The first kappa shape index (κ1) is 76.0. The highest BCUT2D eigenvalue weighted by atomic mass is 15.2. The second kappa shape index (κ2) is 32.5. The van der Waals surface area contributed by atoms with Crippen LogP contribution >= 0.6 is 0 Å².